The number of nitrogens with zero attached hydrogens (tertiary/aromatic N) is 3. The summed E-state index contributed by atoms with van der Waals surface area (Å²) in [5, 5.41) is 4.15. The normalized spacial score (nSPS) is 11.0. The molecule has 106 valence electrons. The quantitative estimate of drug-likeness (QED) is 0.767. The number of benzene rings is 1. The van der Waals surface area contributed by atoms with E-state index in [1.807, 2.05) is 26.0 Å². The minimum absolute atomic E-state index is 0.173. The van der Waals surface area contributed by atoms with Gasteiger partial charge in [-0.1, -0.05) is 17.7 Å². The number of hydrogen-bond acceptors (Lipinski definition) is 4. The maximum absolute atomic E-state index is 12.0. The van der Waals surface area contributed by atoms with Crippen molar-refractivity contribution in [3.05, 3.63) is 42.0 Å². The van der Waals surface area contributed by atoms with E-state index in [0.29, 0.717) is 12.2 Å². The van der Waals surface area contributed by atoms with E-state index in [9.17, 15) is 4.79 Å². The number of hydrogen-bond donors (Lipinski definition) is 0. The molecule has 1 aromatic carbocycles. The molecule has 0 aliphatic heterocycles. The Balaban J connectivity index is 1.91. The highest BCUT2D eigenvalue weighted by molar-refractivity contribution is 8.00. The predicted octanol–water partition coefficient (Wildman–Crippen LogP) is 3.07. The molecule has 0 fully saturated rings. The molecule has 0 aliphatic rings. The largest absolute Gasteiger partial charge is 0.298 e. The maximum Gasteiger partial charge on any atom is 0.150 e. The second kappa shape index (κ2) is 6.70. The Bertz CT molecular complexity index is 592. The predicted molar refractivity (Wildman–Crippen MR) is 81.0 cm³/mol. The molecule has 2 aromatic rings. The van der Waals surface area contributed by atoms with Crippen molar-refractivity contribution in [3.63, 3.8) is 0 Å². The number of rotatable bonds is 6. The Labute approximate surface area is 123 Å². The van der Waals surface area contributed by atoms with E-state index in [-0.39, 0.29) is 11.8 Å². The van der Waals surface area contributed by atoms with Gasteiger partial charge in [0.05, 0.1) is 12.2 Å². The lowest BCUT2D eigenvalue weighted by Gasteiger charge is -2.08. The van der Waals surface area contributed by atoms with Gasteiger partial charge in [0.2, 0.25) is 0 Å². The molecule has 20 heavy (non-hydrogen) atoms. The third-order valence-corrected chi connectivity index (χ3v) is 3.93. The lowest BCUT2D eigenvalue weighted by atomic mass is 10.2. The van der Waals surface area contributed by atoms with Crippen molar-refractivity contribution in [2.75, 3.05) is 5.75 Å². The Morgan fingerprint density at radius 1 is 1.40 bits per heavy atom. The summed E-state index contributed by atoms with van der Waals surface area (Å²) in [5.41, 5.74) is 1.21. The van der Waals surface area contributed by atoms with Gasteiger partial charge in [-0.25, -0.2) is 9.67 Å². The highest BCUT2D eigenvalue weighted by Gasteiger charge is 2.12. The smallest absolute Gasteiger partial charge is 0.150 e. The SMILES string of the molecule is Cc1cccc(SCC(=O)Cc2ncnn2C(C)C)c1. The summed E-state index contributed by atoms with van der Waals surface area (Å²) in [5.74, 6) is 1.38. The Morgan fingerprint density at radius 3 is 2.90 bits per heavy atom. The Hall–Kier alpha value is -1.62. The molecule has 0 amide bonds. The van der Waals surface area contributed by atoms with E-state index in [2.05, 4.69) is 29.1 Å². The van der Waals surface area contributed by atoms with Crippen LogP contribution in [-0.4, -0.2) is 26.3 Å². The number of ketones is 1. The van der Waals surface area contributed by atoms with Crippen molar-refractivity contribution in [3.8, 4) is 0 Å². The first kappa shape index (κ1) is 14.8. The van der Waals surface area contributed by atoms with Crippen LogP contribution in [-0.2, 0) is 11.2 Å². The van der Waals surface area contributed by atoms with Crippen molar-refractivity contribution in [2.24, 2.45) is 0 Å². The van der Waals surface area contributed by atoms with Crippen LogP contribution in [0.4, 0.5) is 0 Å². The summed E-state index contributed by atoms with van der Waals surface area (Å²) in [4.78, 5) is 17.3. The number of aromatic nitrogens is 3. The van der Waals surface area contributed by atoms with E-state index in [1.54, 1.807) is 16.4 Å². The molecule has 0 saturated heterocycles. The summed E-state index contributed by atoms with van der Waals surface area (Å²) in [6.45, 7) is 6.12. The van der Waals surface area contributed by atoms with Crippen LogP contribution in [0.25, 0.3) is 0 Å². The van der Waals surface area contributed by atoms with E-state index in [4.69, 9.17) is 0 Å². The molecule has 5 heteroatoms. The molecule has 0 aliphatic carbocycles. The van der Waals surface area contributed by atoms with E-state index in [0.717, 1.165) is 10.7 Å². The van der Waals surface area contributed by atoms with Crippen LogP contribution in [0.3, 0.4) is 0 Å². The zero-order valence-electron chi connectivity index (χ0n) is 12.0. The first-order valence-corrected chi connectivity index (χ1v) is 7.64. The van der Waals surface area contributed by atoms with Gasteiger partial charge in [-0.3, -0.25) is 4.79 Å². The van der Waals surface area contributed by atoms with Crippen LogP contribution in [0, 0.1) is 6.92 Å². The van der Waals surface area contributed by atoms with Gasteiger partial charge in [0.15, 0.2) is 5.78 Å². The van der Waals surface area contributed by atoms with Crippen molar-refractivity contribution < 1.29 is 4.79 Å². The molecule has 2 rings (SSSR count). The van der Waals surface area contributed by atoms with Crippen molar-refractivity contribution >= 4 is 17.5 Å². The summed E-state index contributed by atoms with van der Waals surface area (Å²) < 4.78 is 1.80. The molecule has 0 spiro atoms. The minimum atomic E-state index is 0.173. The van der Waals surface area contributed by atoms with Gasteiger partial charge in [-0.2, -0.15) is 5.10 Å². The minimum Gasteiger partial charge on any atom is -0.298 e. The standard InChI is InChI=1S/C15H19N3OS/c1-11(2)18-15(16-10-17-18)8-13(19)9-20-14-6-4-5-12(3)7-14/h4-7,10-11H,8-9H2,1-3H3. The molecule has 0 radical (unpaired) electrons. The average molecular weight is 289 g/mol. The first-order valence-electron chi connectivity index (χ1n) is 6.66. The molecular weight excluding hydrogens is 270 g/mol. The fourth-order valence-electron chi connectivity index (χ4n) is 1.93. The summed E-state index contributed by atoms with van der Waals surface area (Å²) in [6, 6.07) is 8.41. The van der Waals surface area contributed by atoms with Crippen LogP contribution in [0.1, 0.15) is 31.3 Å². The molecule has 4 nitrogen and oxygen atoms in total. The third-order valence-electron chi connectivity index (χ3n) is 2.88. The summed E-state index contributed by atoms with van der Waals surface area (Å²) >= 11 is 1.57. The average Bonchev–Trinajstić information content (AvgIpc) is 2.85. The molecule has 1 heterocycles. The second-order valence-corrected chi connectivity index (χ2v) is 6.08. The fourth-order valence-corrected chi connectivity index (χ4v) is 2.80. The molecule has 0 saturated carbocycles. The monoisotopic (exact) mass is 289 g/mol. The van der Waals surface area contributed by atoms with Crippen molar-refractivity contribution in [1.29, 1.82) is 0 Å². The number of carbonyl (C=O) groups is 1. The number of carbonyl (C=O) groups excluding carboxylic acids is 1. The van der Waals surface area contributed by atoms with Gasteiger partial charge < -0.3 is 0 Å². The van der Waals surface area contributed by atoms with Gasteiger partial charge >= 0.3 is 0 Å². The number of aryl methyl sites for hydroxylation is 1. The van der Waals surface area contributed by atoms with Gasteiger partial charge in [0.1, 0.15) is 12.2 Å². The number of thioether (sulfide) groups is 1. The molecular formula is C15H19N3OS. The lowest BCUT2D eigenvalue weighted by molar-refractivity contribution is -0.116. The molecule has 0 bridgehead atoms. The number of Topliss-reactive ketones (excluding diaryl/α,β-unsaturated/α-hetero) is 1. The second-order valence-electron chi connectivity index (χ2n) is 5.04. The van der Waals surface area contributed by atoms with Gasteiger partial charge in [-0.15, -0.1) is 11.8 Å². The van der Waals surface area contributed by atoms with Crippen LogP contribution < -0.4 is 0 Å². The zero-order valence-corrected chi connectivity index (χ0v) is 12.9. The summed E-state index contributed by atoms with van der Waals surface area (Å²) in [7, 11) is 0. The molecule has 1 aromatic heterocycles. The first-order chi connectivity index (χ1) is 9.56. The molecule has 0 N–H and O–H groups in total. The van der Waals surface area contributed by atoms with Gasteiger partial charge in [0.25, 0.3) is 0 Å². The third kappa shape index (κ3) is 3.93. The highest BCUT2D eigenvalue weighted by atomic mass is 32.2. The maximum atomic E-state index is 12.0. The molecule has 0 atom stereocenters. The zero-order chi connectivity index (χ0) is 14.5. The van der Waals surface area contributed by atoms with E-state index in [1.165, 1.54) is 11.9 Å². The highest BCUT2D eigenvalue weighted by Crippen LogP contribution is 2.19. The van der Waals surface area contributed by atoms with Crippen LogP contribution >= 0.6 is 11.8 Å². The molecule has 0 unspecified atom stereocenters. The Kier molecular flexibility index (Phi) is 4.95. The topological polar surface area (TPSA) is 47.8 Å². The Morgan fingerprint density at radius 2 is 2.20 bits per heavy atom. The van der Waals surface area contributed by atoms with Crippen LogP contribution in [0.15, 0.2) is 35.5 Å². The van der Waals surface area contributed by atoms with Crippen molar-refractivity contribution in [1.82, 2.24) is 14.8 Å². The van der Waals surface area contributed by atoms with E-state index < -0.39 is 0 Å². The fraction of sp³-hybridized carbons (Fsp3) is 0.400. The van der Waals surface area contributed by atoms with Crippen molar-refractivity contribution in [2.45, 2.75) is 38.1 Å². The summed E-state index contributed by atoms with van der Waals surface area (Å²) in [6.07, 6.45) is 1.85. The van der Waals surface area contributed by atoms with Crippen LogP contribution in [0.5, 0.6) is 0 Å². The van der Waals surface area contributed by atoms with Gasteiger partial charge in [0, 0.05) is 10.9 Å². The van der Waals surface area contributed by atoms with E-state index >= 15 is 0 Å². The lowest BCUT2D eigenvalue weighted by Crippen LogP contribution is -2.14. The van der Waals surface area contributed by atoms with Crippen LogP contribution in [0.2, 0.25) is 0 Å². The van der Waals surface area contributed by atoms with Gasteiger partial charge in [-0.05, 0) is 32.9 Å².